The first-order chi connectivity index (χ1) is 9.40. The van der Waals surface area contributed by atoms with Gasteiger partial charge in [-0.2, -0.15) is 5.10 Å². The Bertz CT molecular complexity index is 545. The van der Waals surface area contributed by atoms with E-state index in [4.69, 9.17) is 11.6 Å². The fraction of sp³-hybridized carbons (Fsp3) is 0.750. The molecule has 8 heteroatoms. The summed E-state index contributed by atoms with van der Waals surface area (Å²) in [6.45, 7) is 0.224. The Morgan fingerprint density at radius 1 is 1.45 bits per heavy atom. The van der Waals surface area contributed by atoms with E-state index in [2.05, 4.69) is 9.82 Å². The number of halogens is 1. The Labute approximate surface area is 124 Å². The fourth-order valence-electron chi connectivity index (χ4n) is 2.71. The minimum Gasteiger partial charge on any atom is -0.396 e. The Balaban J connectivity index is 2.13. The van der Waals surface area contributed by atoms with Crippen molar-refractivity contribution in [2.45, 2.75) is 37.1 Å². The third-order valence-electron chi connectivity index (χ3n) is 3.98. The van der Waals surface area contributed by atoms with Crippen LogP contribution in [0.5, 0.6) is 0 Å². The minimum absolute atomic E-state index is 0.00532. The van der Waals surface area contributed by atoms with Crippen molar-refractivity contribution in [1.82, 2.24) is 14.5 Å². The van der Waals surface area contributed by atoms with Crippen LogP contribution in [0.1, 0.15) is 32.1 Å². The second-order valence-corrected chi connectivity index (χ2v) is 7.55. The van der Waals surface area contributed by atoms with Crippen molar-refractivity contribution in [3.05, 3.63) is 11.2 Å². The fourth-order valence-corrected chi connectivity index (χ4v) is 4.52. The zero-order chi connectivity index (χ0) is 14.8. The predicted molar refractivity (Wildman–Crippen MR) is 76.0 cm³/mol. The minimum atomic E-state index is -3.72. The van der Waals surface area contributed by atoms with E-state index in [-0.39, 0.29) is 28.6 Å². The van der Waals surface area contributed by atoms with Crippen LogP contribution in [0.4, 0.5) is 0 Å². The van der Waals surface area contributed by atoms with Crippen LogP contribution in [-0.4, -0.2) is 36.5 Å². The average molecular weight is 322 g/mol. The molecule has 0 amide bonds. The van der Waals surface area contributed by atoms with E-state index >= 15 is 0 Å². The molecule has 114 valence electrons. The lowest BCUT2D eigenvalue weighted by atomic mass is 9.75. The molecule has 1 fully saturated rings. The molecule has 0 unspecified atom stereocenters. The molecule has 1 saturated carbocycles. The topological polar surface area (TPSA) is 84.2 Å². The molecule has 1 aliphatic carbocycles. The second kappa shape index (κ2) is 6.01. The summed E-state index contributed by atoms with van der Waals surface area (Å²) in [7, 11) is -2.19. The molecule has 1 aromatic rings. The number of rotatable bonds is 5. The van der Waals surface area contributed by atoms with Crippen molar-refractivity contribution < 1.29 is 13.5 Å². The number of nitrogens with zero attached hydrogens (tertiary/aromatic N) is 2. The highest BCUT2D eigenvalue weighted by Crippen LogP contribution is 2.35. The van der Waals surface area contributed by atoms with Crippen LogP contribution in [0.15, 0.2) is 11.2 Å². The van der Waals surface area contributed by atoms with Gasteiger partial charge in [0.1, 0.15) is 0 Å². The number of aliphatic hydroxyl groups is 1. The monoisotopic (exact) mass is 321 g/mol. The molecular weight excluding hydrogens is 302 g/mol. The number of aromatic nitrogens is 2. The summed E-state index contributed by atoms with van der Waals surface area (Å²) in [5, 5.41) is 13.5. The van der Waals surface area contributed by atoms with Crippen molar-refractivity contribution in [3.8, 4) is 0 Å². The molecule has 1 aliphatic rings. The normalized spacial score (nSPS) is 19.1. The van der Waals surface area contributed by atoms with Gasteiger partial charge >= 0.3 is 0 Å². The molecule has 6 nitrogen and oxygen atoms in total. The predicted octanol–water partition coefficient (Wildman–Crippen LogP) is 1.29. The highest BCUT2D eigenvalue weighted by Gasteiger charge is 2.34. The lowest BCUT2D eigenvalue weighted by Crippen LogP contribution is -2.41. The van der Waals surface area contributed by atoms with Gasteiger partial charge in [0.2, 0.25) is 0 Å². The van der Waals surface area contributed by atoms with Crippen molar-refractivity contribution in [2.75, 3.05) is 13.2 Å². The Hall–Kier alpha value is -0.630. The molecule has 2 N–H and O–H groups in total. The highest BCUT2D eigenvalue weighted by molar-refractivity contribution is 7.89. The maximum atomic E-state index is 12.3. The summed E-state index contributed by atoms with van der Waals surface area (Å²) in [6, 6.07) is 0. The van der Waals surface area contributed by atoms with Gasteiger partial charge in [0.15, 0.2) is 5.03 Å². The van der Waals surface area contributed by atoms with Crippen LogP contribution in [0.3, 0.4) is 0 Å². The van der Waals surface area contributed by atoms with Crippen molar-refractivity contribution >= 4 is 21.6 Å². The smallest absolute Gasteiger partial charge is 0.259 e. The van der Waals surface area contributed by atoms with Gasteiger partial charge in [-0.05, 0) is 12.8 Å². The van der Waals surface area contributed by atoms with Gasteiger partial charge in [0.05, 0.1) is 11.2 Å². The number of sulfonamides is 1. The van der Waals surface area contributed by atoms with Gasteiger partial charge < -0.3 is 5.11 Å². The third kappa shape index (κ3) is 3.16. The van der Waals surface area contributed by atoms with E-state index < -0.39 is 10.0 Å². The number of nitrogens with one attached hydrogen (secondary N) is 1. The Morgan fingerprint density at radius 2 is 2.10 bits per heavy atom. The van der Waals surface area contributed by atoms with Crippen LogP contribution in [0, 0.1) is 5.41 Å². The number of aryl methyl sites for hydroxylation is 1. The average Bonchev–Trinajstić information content (AvgIpc) is 2.78. The first-order valence-corrected chi connectivity index (χ1v) is 8.54. The number of aliphatic hydroxyl groups excluding tert-OH is 1. The lowest BCUT2D eigenvalue weighted by Gasteiger charge is -2.35. The van der Waals surface area contributed by atoms with Crippen LogP contribution < -0.4 is 4.72 Å². The second-order valence-electron chi connectivity index (χ2n) is 5.46. The zero-order valence-electron chi connectivity index (χ0n) is 11.5. The Kier molecular flexibility index (Phi) is 4.73. The maximum Gasteiger partial charge on any atom is 0.259 e. The third-order valence-corrected chi connectivity index (χ3v) is 5.89. The molecule has 0 aromatic carbocycles. The molecule has 0 bridgehead atoms. The summed E-state index contributed by atoms with van der Waals surface area (Å²) < 4.78 is 28.4. The van der Waals surface area contributed by atoms with Gasteiger partial charge in [0.25, 0.3) is 10.0 Å². The van der Waals surface area contributed by atoms with Gasteiger partial charge in [-0.25, -0.2) is 13.1 Å². The summed E-state index contributed by atoms with van der Waals surface area (Å²) in [4.78, 5) is 0. The SMILES string of the molecule is Cn1ncc(Cl)c1S(=O)(=O)NCC1(CO)CCCCC1. The van der Waals surface area contributed by atoms with E-state index in [0.717, 1.165) is 32.1 Å². The van der Waals surface area contributed by atoms with Crippen molar-refractivity contribution in [1.29, 1.82) is 0 Å². The summed E-state index contributed by atoms with van der Waals surface area (Å²) in [6.07, 6.45) is 6.17. The number of hydrogen-bond donors (Lipinski definition) is 2. The highest BCUT2D eigenvalue weighted by atomic mass is 35.5. The summed E-state index contributed by atoms with van der Waals surface area (Å²) in [5.41, 5.74) is -0.351. The molecule has 0 radical (unpaired) electrons. The van der Waals surface area contributed by atoms with E-state index in [1.165, 1.54) is 17.9 Å². The van der Waals surface area contributed by atoms with Crippen LogP contribution in [0.25, 0.3) is 0 Å². The lowest BCUT2D eigenvalue weighted by molar-refractivity contribution is 0.0867. The number of hydrogen-bond acceptors (Lipinski definition) is 4. The summed E-state index contributed by atoms with van der Waals surface area (Å²) in [5.74, 6) is 0. The maximum absolute atomic E-state index is 12.3. The molecular formula is C12H20ClN3O3S. The first-order valence-electron chi connectivity index (χ1n) is 6.68. The standard InChI is InChI=1S/C12H20ClN3O3S/c1-16-11(10(13)7-14-16)20(18,19)15-8-12(9-17)5-3-2-4-6-12/h7,15,17H,2-6,8-9H2,1H3. The molecule has 2 rings (SSSR count). The van der Waals surface area contributed by atoms with Crippen molar-refractivity contribution in [3.63, 3.8) is 0 Å². The van der Waals surface area contributed by atoms with Gasteiger partial charge in [-0.3, -0.25) is 4.68 Å². The first kappa shape index (κ1) is 15.8. The molecule has 0 spiro atoms. The van der Waals surface area contributed by atoms with Gasteiger partial charge in [0, 0.05) is 25.6 Å². The molecule has 1 aromatic heterocycles. The van der Waals surface area contributed by atoms with E-state index in [9.17, 15) is 13.5 Å². The molecule has 0 saturated heterocycles. The zero-order valence-corrected chi connectivity index (χ0v) is 13.0. The van der Waals surface area contributed by atoms with Gasteiger partial charge in [-0.15, -0.1) is 0 Å². The molecule has 20 heavy (non-hydrogen) atoms. The van der Waals surface area contributed by atoms with Crippen LogP contribution >= 0.6 is 11.6 Å². The van der Waals surface area contributed by atoms with Crippen LogP contribution in [-0.2, 0) is 17.1 Å². The van der Waals surface area contributed by atoms with E-state index in [0.29, 0.717) is 0 Å². The molecule has 1 heterocycles. The van der Waals surface area contributed by atoms with Crippen LogP contribution in [0.2, 0.25) is 5.02 Å². The van der Waals surface area contributed by atoms with E-state index in [1.54, 1.807) is 0 Å². The molecule has 0 atom stereocenters. The Morgan fingerprint density at radius 3 is 2.60 bits per heavy atom. The molecule has 0 aliphatic heterocycles. The summed E-state index contributed by atoms with van der Waals surface area (Å²) >= 11 is 5.87. The largest absolute Gasteiger partial charge is 0.396 e. The quantitative estimate of drug-likeness (QED) is 0.856. The van der Waals surface area contributed by atoms with Crippen molar-refractivity contribution in [2.24, 2.45) is 12.5 Å². The van der Waals surface area contributed by atoms with E-state index in [1.807, 2.05) is 0 Å². The van der Waals surface area contributed by atoms with Gasteiger partial charge in [-0.1, -0.05) is 30.9 Å².